The van der Waals surface area contributed by atoms with Crippen LogP contribution in [0.4, 0.5) is 17.3 Å². The highest BCUT2D eigenvalue weighted by Crippen LogP contribution is 2.24. The summed E-state index contributed by atoms with van der Waals surface area (Å²) in [4.78, 5) is 8.86. The molecule has 0 spiro atoms. The van der Waals surface area contributed by atoms with Crippen LogP contribution in [0.5, 0.6) is 5.75 Å². The molecule has 2 N–H and O–H groups in total. The number of anilines is 3. The van der Waals surface area contributed by atoms with Crippen LogP contribution in [0, 0.1) is 6.92 Å². The Kier molecular flexibility index (Phi) is 4.40. The van der Waals surface area contributed by atoms with E-state index in [0.29, 0.717) is 0 Å². The summed E-state index contributed by atoms with van der Waals surface area (Å²) in [7, 11) is 3.52. The molecule has 0 amide bonds. The Morgan fingerprint density at radius 1 is 1.15 bits per heavy atom. The molecule has 20 heavy (non-hydrogen) atoms. The van der Waals surface area contributed by atoms with Crippen LogP contribution in [0.25, 0.3) is 0 Å². The van der Waals surface area contributed by atoms with Gasteiger partial charge in [0.05, 0.1) is 7.11 Å². The summed E-state index contributed by atoms with van der Waals surface area (Å²) in [6, 6.07) is 7.79. The van der Waals surface area contributed by atoms with Gasteiger partial charge in [-0.25, -0.2) is 9.97 Å². The molecule has 0 fully saturated rings. The van der Waals surface area contributed by atoms with E-state index in [2.05, 4.69) is 20.6 Å². The maximum Gasteiger partial charge on any atom is 0.136 e. The number of benzene rings is 1. The molecule has 0 aliphatic rings. The number of ether oxygens (including phenoxy) is 1. The molecule has 0 aliphatic heterocycles. The van der Waals surface area contributed by atoms with E-state index < -0.39 is 0 Å². The van der Waals surface area contributed by atoms with Crippen LogP contribution in [-0.2, 0) is 6.42 Å². The van der Waals surface area contributed by atoms with E-state index in [4.69, 9.17) is 4.74 Å². The normalized spacial score (nSPS) is 10.2. The second-order valence-corrected chi connectivity index (χ2v) is 4.46. The van der Waals surface area contributed by atoms with Gasteiger partial charge < -0.3 is 15.4 Å². The number of nitrogens with zero attached hydrogens (tertiary/aromatic N) is 2. The van der Waals surface area contributed by atoms with E-state index in [0.717, 1.165) is 40.9 Å². The van der Waals surface area contributed by atoms with Crippen LogP contribution in [0.2, 0.25) is 0 Å². The van der Waals surface area contributed by atoms with Gasteiger partial charge in [-0.1, -0.05) is 6.92 Å². The first-order chi connectivity index (χ1) is 9.66. The third-order valence-electron chi connectivity index (χ3n) is 3.04. The number of aryl methyl sites for hydroxylation is 2. The Morgan fingerprint density at radius 3 is 2.50 bits per heavy atom. The number of hydrogen-bond donors (Lipinski definition) is 2. The number of nitrogens with one attached hydrogen (secondary N) is 2. The molecule has 106 valence electrons. The molecule has 1 aromatic heterocycles. The third-order valence-corrected chi connectivity index (χ3v) is 3.04. The molecule has 1 aromatic carbocycles. The van der Waals surface area contributed by atoms with Crippen LogP contribution < -0.4 is 15.4 Å². The van der Waals surface area contributed by atoms with Crippen molar-refractivity contribution >= 4 is 17.3 Å². The molecule has 0 bridgehead atoms. The first kappa shape index (κ1) is 14.1. The monoisotopic (exact) mass is 272 g/mol. The fourth-order valence-electron chi connectivity index (χ4n) is 1.89. The van der Waals surface area contributed by atoms with Gasteiger partial charge >= 0.3 is 0 Å². The Balaban J connectivity index is 2.29. The lowest BCUT2D eigenvalue weighted by Gasteiger charge is -2.12. The first-order valence-electron chi connectivity index (χ1n) is 6.63. The van der Waals surface area contributed by atoms with Gasteiger partial charge in [-0.2, -0.15) is 0 Å². The van der Waals surface area contributed by atoms with Gasteiger partial charge in [0.15, 0.2) is 0 Å². The molecule has 2 aromatic rings. The summed E-state index contributed by atoms with van der Waals surface area (Å²) in [5.41, 5.74) is 2.11. The van der Waals surface area contributed by atoms with Crippen molar-refractivity contribution in [3.05, 3.63) is 35.7 Å². The van der Waals surface area contributed by atoms with Crippen LogP contribution in [0.3, 0.4) is 0 Å². The van der Waals surface area contributed by atoms with E-state index in [9.17, 15) is 0 Å². The van der Waals surface area contributed by atoms with Crippen molar-refractivity contribution in [2.24, 2.45) is 0 Å². The summed E-state index contributed by atoms with van der Waals surface area (Å²) in [6.45, 7) is 4.07. The number of methoxy groups -OCH3 is 1. The van der Waals surface area contributed by atoms with E-state index in [1.54, 1.807) is 7.11 Å². The molecule has 2 rings (SSSR count). The smallest absolute Gasteiger partial charge is 0.136 e. The van der Waals surface area contributed by atoms with Crippen molar-refractivity contribution in [3.8, 4) is 5.75 Å². The molecule has 0 aliphatic carbocycles. The summed E-state index contributed by atoms with van der Waals surface area (Å²) in [5.74, 6) is 3.26. The van der Waals surface area contributed by atoms with Gasteiger partial charge in [-0.3, -0.25) is 0 Å². The van der Waals surface area contributed by atoms with Gasteiger partial charge in [-0.05, 0) is 30.7 Å². The van der Waals surface area contributed by atoms with Gasteiger partial charge in [-0.15, -0.1) is 0 Å². The minimum absolute atomic E-state index is 0.787. The number of rotatable bonds is 5. The highest BCUT2D eigenvalue weighted by atomic mass is 16.5. The van der Waals surface area contributed by atoms with E-state index >= 15 is 0 Å². The quantitative estimate of drug-likeness (QED) is 0.875. The zero-order valence-corrected chi connectivity index (χ0v) is 12.3. The summed E-state index contributed by atoms with van der Waals surface area (Å²) in [5, 5.41) is 6.38. The molecular formula is C15H20N4O. The zero-order chi connectivity index (χ0) is 14.5. The lowest BCUT2D eigenvalue weighted by Crippen LogP contribution is -2.03. The molecule has 0 atom stereocenters. The van der Waals surface area contributed by atoms with Crippen LogP contribution in [-0.4, -0.2) is 24.1 Å². The predicted molar refractivity (Wildman–Crippen MR) is 82.0 cm³/mol. The molecule has 0 saturated heterocycles. The topological polar surface area (TPSA) is 59.1 Å². The fourth-order valence-corrected chi connectivity index (χ4v) is 1.89. The van der Waals surface area contributed by atoms with E-state index in [1.165, 1.54) is 0 Å². The Morgan fingerprint density at radius 2 is 1.90 bits per heavy atom. The Labute approximate surface area is 119 Å². The van der Waals surface area contributed by atoms with Crippen molar-refractivity contribution in [1.29, 1.82) is 0 Å². The zero-order valence-electron chi connectivity index (χ0n) is 12.3. The minimum Gasteiger partial charge on any atom is -0.497 e. The Hall–Kier alpha value is -2.30. The highest BCUT2D eigenvalue weighted by Gasteiger charge is 2.05. The van der Waals surface area contributed by atoms with Crippen LogP contribution >= 0.6 is 0 Å². The molecular weight excluding hydrogens is 252 g/mol. The molecule has 1 heterocycles. The van der Waals surface area contributed by atoms with Crippen LogP contribution in [0.1, 0.15) is 18.3 Å². The average Bonchev–Trinajstić information content (AvgIpc) is 2.48. The van der Waals surface area contributed by atoms with Crippen molar-refractivity contribution in [3.63, 3.8) is 0 Å². The van der Waals surface area contributed by atoms with Gasteiger partial charge in [0.1, 0.15) is 23.2 Å². The lowest BCUT2D eigenvalue weighted by atomic mass is 10.2. The Bertz CT molecular complexity index is 576. The number of aromatic nitrogens is 2. The minimum atomic E-state index is 0.787. The molecule has 0 saturated carbocycles. The van der Waals surface area contributed by atoms with Crippen molar-refractivity contribution in [1.82, 2.24) is 9.97 Å². The largest absolute Gasteiger partial charge is 0.497 e. The molecule has 0 radical (unpaired) electrons. The van der Waals surface area contributed by atoms with E-state index in [1.807, 2.05) is 45.2 Å². The van der Waals surface area contributed by atoms with Gasteiger partial charge in [0.25, 0.3) is 0 Å². The second kappa shape index (κ2) is 6.23. The predicted octanol–water partition coefficient (Wildman–Crippen LogP) is 3.14. The maximum atomic E-state index is 5.21. The fraction of sp³-hybridized carbons (Fsp3) is 0.333. The highest BCUT2D eigenvalue weighted by molar-refractivity contribution is 5.63. The number of hydrogen-bond acceptors (Lipinski definition) is 5. The van der Waals surface area contributed by atoms with Crippen molar-refractivity contribution in [2.75, 3.05) is 24.8 Å². The van der Waals surface area contributed by atoms with Crippen molar-refractivity contribution in [2.45, 2.75) is 20.3 Å². The van der Waals surface area contributed by atoms with Gasteiger partial charge in [0.2, 0.25) is 0 Å². The summed E-state index contributed by atoms with van der Waals surface area (Å²) >= 11 is 0. The first-order valence-corrected chi connectivity index (χ1v) is 6.63. The molecule has 5 nitrogen and oxygen atoms in total. The second-order valence-electron chi connectivity index (χ2n) is 4.46. The standard InChI is InChI=1S/C15H20N4O/c1-5-13-18-14(16-3)9-15(19-13)17-12-7-6-11(20-4)8-10(12)2/h6-9H,5H2,1-4H3,(H2,16,17,18,19). The maximum absolute atomic E-state index is 5.21. The SMILES string of the molecule is CCc1nc(NC)cc(Nc2ccc(OC)cc2C)n1. The molecule has 5 heteroatoms. The van der Waals surface area contributed by atoms with Gasteiger partial charge in [0, 0.05) is 25.2 Å². The summed E-state index contributed by atoms with van der Waals surface area (Å²) < 4.78 is 5.21. The average molecular weight is 272 g/mol. The van der Waals surface area contributed by atoms with Crippen LogP contribution in [0.15, 0.2) is 24.3 Å². The summed E-state index contributed by atoms with van der Waals surface area (Å²) in [6.07, 6.45) is 0.797. The lowest BCUT2D eigenvalue weighted by molar-refractivity contribution is 0.414. The third kappa shape index (κ3) is 3.17. The van der Waals surface area contributed by atoms with E-state index in [-0.39, 0.29) is 0 Å². The molecule has 0 unspecified atom stereocenters. The van der Waals surface area contributed by atoms with Crippen molar-refractivity contribution < 1.29 is 4.74 Å².